The van der Waals surface area contributed by atoms with Gasteiger partial charge in [0.2, 0.25) is 0 Å². The highest BCUT2D eigenvalue weighted by Crippen LogP contribution is 2.13. The van der Waals surface area contributed by atoms with Crippen molar-refractivity contribution < 1.29 is 14.1 Å². The number of carboxylic acid groups (broad SMARTS) is 1. The van der Waals surface area contributed by atoms with Crippen molar-refractivity contribution in [3.8, 4) is 0 Å². The van der Waals surface area contributed by atoms with Crippen LogP contribution >= 0.6 is 11.6 Å². The molecule has 0 amide bonds. The summed E-state index contributed by atoms with van der Waals surface area (Å²) in [6, 6.07) is 6.73. The minimum absolute atomic E-state index is 0.436. The normalized spacial score (nSPS) is 13.2. The zero-order chi connectivity index (χ0) is 12.7. The molecule has 0 bridgehead atoms. The van der Waals surface area contributed by atoms with Gasteiger partial charge in [-0.15, -0.1) is 0 Å². The van der Waals surface area contributed by atoms with Gasteiger partial charge in [0.05, 0.1) is 10.8 Å². The number of aliphatic carboxylic acids is 1. The van der Waals surface area contributed by atoms with Gasteiger partial charge < -0.3 is 5.11 Å². The van der Waals surface area contributed by atoms with Crippen molar-refractivity contribution in [2.75, 3.05) is 0 Å². The van der Waals surface area contributed by atoms with Crippen LogP contribution in [0.25, 0.3) is 0 Å². The van der Waals surface area contributed by atoms with E-state index in [1.54, 1.807) is 30.3 Å². The maximum Gasteiger partial charge on any atom is 0.327 e. The summed E-state index contributed by atoms with van der Waals surface area (Å²) in [5, 5.41) is 10.5. The Morgan fingerprint density at radius 3 is 2.53 bits per heavy atom. The van der Waals surface area contributed by atoms with Gasteiger partial charge in [0.1, 0.15) is 0 Å². The molecular weight excluding hydrogens is 260 g/mol. The SMILES string of the molecule is O=C(O)C=CCC=CS(=O)c1ccc(Cl)cc1. The largest absolute Gasteiger partial charge is 0.478 e. The molecule has 0 spiro atoms. The van der Waals surface area contributed by atoms with E-state index in [4.69, 9.17) is 16.7 Å². The second-order valence-electron chi connectivity index (χ2n) is 3.10. The topological polar surface area (TPSA) is 54.4 Å². The van der Waals surface area contributed by atoms with Crippen LogP contribution in [-0.2, 0) is 15.6 Å². The number of allylic oxidation sites excluding steroid dienone is 2. The van der Waals surface area contributed by atoms with Gasteiger partial charge in [-0.05, 0) is 30.7 Å². The molecule has 0 aromatic heterocycles. The third-order valence-corrected chi connectivity index (χ3v) is 3.23. The zero-order valence-corrected chi connectivity index (χ0v) is 10.4. The average molecular weight is 271 g/mol. The first-order chi connectivity index (χ1) is 8.09. The Labute approximate surface area is 107 Å². The molecule has 0 fully saturated rings. The van der Waals surface area contributed by atoms with Crippen molar-refractivity contribution in [3.63, 3.8) is 0 Å². The van der Waals surface area contributed by atoms with E-state index in [0.29, 0.717) is 16.3 Å². The minimum Gasteiger partial charge on any atom is -0.478 e. The first kappa shape index (κ1) is 13.7. The summed E-state index contributed by atoms with van der Waals surface area (Å²) in [7, 11) is -1.23. The molecule has 1 rings (SSSR count). The lowest BCUT2D eigenvalue weighted by molar-refractivity contribution is -0.131. The number of halogens is 1. The van der Waals surface area contributed by atoms with Crippen molar-refractivity contribution in [2.45, 2.75) is 11.3 Å². The monoisotopic (exact) mass is 270 g/mol. The summed E-state index contributed by atoms with van der Waals surface area (Å²) in [5.41, 5.74) is 0. The van der Waals surface area contributed by atoms with Crippen LogP contribution in [0.15, 0.2) is 52.8 Å². The van der Waals surface area contributed by atoms with Gasteiger partial charge in [-0.3, -0.25) is 0 Å². The summed E-state index contributed by atoms with van der Waals surface area (Å²) >= 11 is 5.71. The van der Waals surface area contributed by atoms with E-state index < -0.39 is 16.8 Å². The molecule has 17 heavy (non-hydrogen) atoms. The molecule has 90 valence electrons. The molecule has 1 N–H and O–H groups in total. The van der Waals surface area contributed by atoms with E-state index in [9.17, 15) is 9.00 Å². The highest BCUT2D eigenvalue weighted by atomic mass is 35.5. The lowest BCUT2D eigenvalue weighted by Crippen LogP contribution is -1.86. The molecule has 0 saturated heterocycles. The van der Waals surface area contributed by atoms with Gasteiger partial charge in [0.25, 0.3) is 0 Å². The predicted molar refractivity (Wildman–Crippen MR) is 68.4 cm³/mol. The van der Waals surface area contributed by atoms with E-state index in [0.717, 1.165) is 6.08 Å². The first-order valence-corrected chi connectivity index (χ1v) is 6.41. The molecule has 5 heteroatoms. The summed E-state index contributed by atoms with van der Waals surface area (Å²) in [6.07, 6.45) is 4.63. The van der Waals surface area contributed by atoms with Crippen LogP contribution < -0.4 is 0 Å². The lowest BCUT2D eigenvalue weighted by Gasteiger charge is -1.96. The quantitative estimate of drug-likeness (QED) is 0.837. The molecule has 0 aliphatic rings. The summed E-state index contributed by atoms with van der Waals surface area (Å²) in [5.74, 6) is -0.989. The van der Waals surface area contributed by atoms with Gasteiger partial charge in [0.15, 0.2) is 0 Å². The van der Waals surface area contributed by atoms with Crippen molar-refractivity contribution in [2.24, 2.45) is 0 Å². The number of carbonyl (C=O) groups is 1. The van der Waals surface area contributed by atoms with E-state index in [1.807, 2.05) is 0 Å². The minimum atomic E-state index is -1.23. The van der Waals surface area contributed by atoms with Crippen LogP contribution in [0.1, 0.15) is 6.42 Å². The molecule has 0 aliphatic carbocycles. The lowest BCUT2D eigenvalue weighted by atomic mass is 10.4. The third kappa shape index (κ3) is 5.47. The van der Waals surface area contributed by atoms with Crippen LogP contribution in [0.2, 0.25) is 5.02 Å². The maximum absolute atomic E-state index is 11.7. The van der Waals surface area contributed by atoms with Crippen LogP contribution in [0.3, 0.4) is 0 Å². The average Bonchev–Trinajstić information content (AvgIpc) is 2.29. The Kier molecular flexibility index (Phi) is 5.66. The Bertz CT molecular complexity index is 463. The zero-order valence-electron chi connectivity index (χ0n) is 8.88. The van der Waals surface area contributed by atoms with E-state index in [-0.39, 0.29) is 0 Å². The van der Waals surface area contributed by atoms with E-state index >= 15 is 0 Å². The van der Waals surface area contributed by atoms with Crippen LogP contribution in [-0.4, -0.2) is 15.3 Å². The van der Waals surface area contributed by atoms with Crippen molar-refractivity contribution in [3.05, 3.63) is 52.9 Å². The van der Waals surface area contributed by atoms with E-state index in [2.05, 4.69) is 0 Å². The molecule has 1 unspecified atom stereocenters. The second kappa shape index (κ2) is 7.04. The summed E-state index contributed by atoms with van der Waals surface area (Å²) in [4.78, 5) is 10.8. The fourth-order valence-electron chi connectivity index (χ4n) is 1.04. The molecule has 0 heterocycles. The Hall–Kier alpha value is -1.39. The number of rotatable bonds is 5. The van der Waals surface area contributed by atoms with Gasteiger partial charge in [0, 0.05) is 21.4 Å². The standard InChI is InChI=1S/C12H11ClO3S/c13-10-5-7-11(8-6-10)17(16)9-3-1-2-4-12(14)15/h2-9H,1H2,(H,14,15). The Morgan fingerprint density at radius 2 is 1.94 bits per heavy atom. The first-order valence-electron chi connectivity index (χ1n) is 4.82. The van der Waals surface area contributed by atoms with Crippen LogP contribution in [0.4, 0.5) is 0 Å². The molecule has 0 saturated carbocycles. The summed E-state index contributed by atoms with van der Waals surface area (Å²) in [6.45, 7) is 0. The number of hydrogen-bond donors (Lipinski definition) is 1. The highest BCUT2D eigenvalue weighted by molar-refractivity contribution is 7.88. The van der Waals surface area contributed by atoms with Crippen molar-refractivity contribution in [1.29, 1.82) is 0 Å². The molecule has 1 aromatic carbocycles. The van der Waals surface area contributed by atoms with Gasteiger partial charge in [-0.25, -0.2) is 9.00 Å². The molecule has 3 nitrogen and oxygen atoms in total. The number of benzene rings is 1. The van der Waals surface area contributed by atoms with Crippen LogP contribution in [0.5, 0.6) is 0 Å². The number of carboxylic acids is 1. The van der Waals surface area contributed by atoms with Crippen LogP contribution in [0, 0.1) is 0 Å². The Morgan fingerprint density at radius 1 is 1.29 bits per heavy atom. The predicted octanol–water partition coefficient (Wildman–Crippen LogP) is 2.99. The molecule has 1 atom stereocenters. The number of hydrogen-bond acceptors (Lipinski definition) is 2. The highest BCUT2D eigenvalue weighted by Gasteiger charge is 1.98. The van der Waals surface area contributed by atoms with Crippen molar-refractivity contribution >= 4 is 28.4 Å². The Balaban J connectivity index is 2.52. The van der Waals surface area contributed by atoms with E-state index in [1.165, 1.54) is 11.5 Å². The summed E-state index contributed by atoms with van der Waals surface area (Å²) < 4.78 is 11.7. The maximum atomic E-state index is 11.7. The molecule has 0 aliphatic heterocycles. The van der Waals surface area contributed by atoms with Gasteiger partial charge in [-0.2, -0.15) is 0 Å². The smallest absolute Gasteiger partial charge is 0.327 e. The van der Waals surface area contributed by atoms with Gasteiger partial charge in [-0.1, -0.05) is 23.8 Å². The fraction of sp³-hybridized carbons (Fsp3) is 0.0833. The molecule has 1 aromatic rings. The molecular formula is C12H11ClO3S. The van der Waals surface area contributed by atoms with Gasteiger partial charge >= 0.3 is 5.97 Å². The molecule has 0 radical (unpaired) electrons. The fourth-order valence-corrected chi connectivity index (χ4v) is 2.01. The third-order valence-electron chi connectivity index (χ3n) is 1.80. The van der Waals surface area contributed by atoms with Crippen molar-refractivity contribution in [1.82, 2.24) is 0 Å². The second-order valence-corrected chi connectivity index (χ2v) is 4.87.